The first-order valence-electron chi connectivity index (χ1n) is 5.43. The number of aromatic nitrogens is 2. The molecule has 0 spiro atoms. The molecule has 1 aromatic rings. The molecule has 0 saturated heterocycles. The van der Waals surface area contributed by atoms with Crippen LogP contribution in [0.15, 0.2) is 17.4 Å². The van der Waals surface area contributed by atoms with E-state index >= 15 is 0 Å². The number of hydrogen-bond acceptors (Lipinski definition) is 5. The summed E-state index contributed by atoms with van der Waals surface area (Å²) >= 11 is 6.10. The van der Waals surface area contributed by atoms with E-state index in [-0.39, 0.29) is 0 Å². The molecule has 0 radical (unpaired) electrons. The van der Waals surface area contributed by atoms with Crippen LogP contribution >= 0.6 is 11.6 Å². The normalized spacial score (nSPS) is 16.3. The van der Waals surface area contributed by atoms with Gasteiger partial charge in [-0.05, 0) is 24.8 Å². The highest BCUT2D eigenvalue weighted by Gasteiger charge is 2.21. The minimum absolute atomic E-state index is 0.362. The third kappa shape index (κ3) is 3.17. The molecule has 5 nitrogen and oxygen atoms in total. The quantitative estimate of drug-likeness (QED) is 0.548. The van der Waals surface area contributed by atoms with Crippen LogP contribution in [-0.2, 0) is 0 Å². The summed E-state index contributed by atoms with van der Waals surface area (Å²) in [5.74, 6) is 1.44. The molecule has 1 saturated carbocycles. The van der Waals surface area contributed by atoms with Gasteiger partial charge in [0.15, 0.2) is 5.82 Å². The zero-order valence-electron chi connectivity index (χ0n) is 9.28. The Labute approximate surface area is 105 Å². The maximum Gasteiger partial charge on any atom is 0.166 e. The number of anilines is 1. The predicted octanol–water partition coefficient (Wildman–Crippen LogP) is 1.62. The fourth-order valence-corrected chi connectivity index (χ4v) is 1.60. The Morgan fingerprint density at radius 2 is 2.41 bits per heavy atom. The minimum Gasteiger partial charge on any atom is -0.384 e. The molecule has 1 aliphatic carbocycles. The summed E-state index contributed by atoms with van der Waals surface area (Å²) in [6.07, 6.45) is 5.17. The molecule has 1 aromatic heterocycles. The highest BCUT2D eigenvalue weighted by molar-refractivity contribution is 6.36. The van der Waals surface area contributed by atoms with Crippen molar-refractivity contribution in [3.8, 4) is 0 Å². The molecule has 17 heavy (non-hydrogen) atoms. The Balaban J connectivity index is 2.17. The monoisotopic (exact) mass is 251 g/mol. The van der Waals surface area contributed by atoms with Gasteiger partial charge in [0.05, 0.1) is 5.57 Å². The molecule has 0 amide bonds. The topological polar surface area (TPSA) is 87.7 Å². The first-order valence-corrected chi connectivity index (χ1v) is 5.81. The number of allylic oxidation sites excluding steroid dienone is 1. The Bertz CT molecular complexity index is 453. The third-order valence-electron chi connectivity index (χ3n) is 2.54. The summed E-state index contributed by atoms with van der Waals surface area (Å²) in [7, 11) is 0. The van der Waals surface area contributed by atoms with Crippen molar-refractivity contribution in [2.45, 2.75) is 12.8 Å². The van der Waals surface area contributed by atoms with Crippen LogP contribution in [0.3, 0.4) is 0 Å². The van der Waals surface area contributed by atoms with Gasteiger partial charge < -0.3 is 16.5 Å². The van der Waals surface area contributed by atoms with E-state index in [9.17, 15) is 0 Å². The first kappa shape index (κ1) is 11.9. The Hall–Kier alpha value is -1.62. The maximum absolute atomic E-state index is 7.37. The second-order valence-electron chi connectivity index (χ2n) is 4.00. The molecule has 1 aliphatic rings. The van der Waals surface area contributed by atoms with E-state index < -0.39 is 0 Å². The highest BCUT2D eigenvalue weighted by Crippen LogP contribution is 2.28. The molecular formula is C11H14ClN5. The smallest absolute Gasteiger partial charge is 0.166 e. The van der Waals surface area contributed by atoms with Crippen LogP contribution in [-0.4, -0.2) is 22.7 Å². The van der Waals surface area contributed by atoms with Gasteiger partial charge in [0.1, 0.15) is 11.0 Å². The second-order valence-corrected chi connectivity index (χ2v) is 4.38. The van der Waals surface area contributed by atoms with Crippen LogP contribution in [0.5, 0.6) is 0 Å². The molecule has 0 aromatic carbocycles. The summed E-state index contributed by atoms with van der Waals surface area (Å²) in [5.41, 5.74) is 6.03. The molecule has 0 atom stereocenters. The first-order chi connectivity index (χ1) is 8.20. The SMILES string of the molecule is N=C/C(=C(/Cl)NCC1CC1)c1nccc(N)n1. The van der Waals surface area contributed by atoms with E-state index in [1.165, 1.54) is 12.8 Å². The van der Waals surface area contributed by atoms with Crippen molar-refractivity contribution in [2.75, 3.05) is 12.3 Å². The highest BCUT2D eigenvalue weighted by atomic mass is 35.5. The van der Waals surface area contributed by atoms with E-state index in [4.69, 9.17) is 22.7 Å². The van der Waals surface area contributed by atoms with Crippen molar-refractivity contribution in [2.24, 2.45) is 5.92 Å². The molecule has 1 heterocycles. The number of nitrogen functional groups attached to an aromatic ring is 1. The zero-order chi connectivity index (χ0) is 12.3. The molecule has 1 fully saturated rings. The molecule has 2 rings (SSSR count). The van der Waals surface area contributed by atoms with Crippen molar-refractivity contribution in [1.29, 1.82) is 5.41 Å². The number of halogens is 1. The lowest BCUT2D eigenvalue weighted by atomic mass is 10.3. The molecule has 90 valence electrons. The van der Waals surface area contributed by atoms with Gasteiger partial charge in [0.2, 0.25) is 0 Å². The fraction of sp³-hybridized carbons (Fsp3) is 0.364. The lowest BCUT2D eigenvalue weighted by Gasteiger charge is -2.07. The van der Waals surface area contributed by atoms with Gasteiger partial charge >= 0.3 is 0 Å². The van der Waals surface area contributed by atoms with Gasteiger partial charge in [-0.15, -0.1) is 0 Å². The van der Waals surface area contributed by atoms with Crippen LogP contribution in [0, 0.1) is 11.3 Å². The molecule has 0 aliphatic heterocycles. The third-order valence-corrected chi connectivity index (χ3v) is 2.88. The van der Waals surface area contributed by atoms with Crippen LogP contribution in [0.2, 0.25) is 0 Å². The van der Waals surface area contributed by atoms with Crippen LogP contribution < -0.4 is 11.1 Å². The van der Waals surface area contributed by atoms with E-state index in [1.807, 2.05) is 0 Å². The van der Waals surface area contributed by atoms with Gasteiger partial charge in [-0.2, -0.15) is 0 Å². The van der Waals surface area contributed by atoms with E-state index in [2.05, 4.69) is 15.3 Å². The van der Waals surface area contributed by atoms with E-state index in [0.717, 1.165) is 12.8 Å². The van der Waals surface area contributed by atoms with Crippen LogP contribution in [0.4, 0.5) is 5.82 Å². The zero-order valence-corrected chi connectivity index (χ0v) is 10.0. The minimum atomic E-state index is 0.362. The number of hydrogen-bond donors (Lipinski definition) is 3. The summed E-state index contributed by atoms with van der Waals surface area (Å²) in [5, 5.41) is 10.9. The van der Waals surface area contributed by atoms with Crippen molar-refractivity contribution in [3.05, 3.63) is 23.2 Å². The average molecular weight is 252 g/mol. The molecule has 0 bridgehead atoms. The lowest BCUT2D eigenvalue weighted by molar-refractivity contribution is 0.740. The van der Waals surface area contributed by atoms with Crippen molar-refractivity contribution >= 4 is 29.2 Å². The molecule has 0 unspecified atom stereocenters. The Morgan fingerprint density at radius 1 is 1.65 bits per heavy atom. The second kappa shape index (κ2) is 5.14. The summed E-state index contributed by atoms with van der Waals surface area (Å²) < 4.78 is 0. The fourth-order valence-electron chi connectivity index (χ4n) is 1.38. The van der Waals surface area contributed by atoms with Gasteiger partial charge in [0, 0.05) is 19.0 Å². The Kier molecular flexibility index (Phi) is 3.58. The lowest BCUT2D eigenvalue weighted by Crippen LogP contribution is -2.15. The van der Waals surface area contributed by atoms with Crippen LogP contribution in [0.1, 0.15) is 18.7 Å². The molecular weight excluding hydrogens is 238 g/mol. The van der Waals surface area contributed by atoms with Crippen molar-refractivity contribution in [3.63, 3.8) is 0 Å². The summed E-state index contributed by atoms with van der Waals surface area (Å²) in [6.45, 7) is 0.832. The number of nitrogens with zero attached hydrogens (tertiary/aromatic N) is 2. The van der Waals surface area contributed by atoms with Crippen molar-refractivity contribution < 1.29 is 0 Å². The molecule has 4 N–H and O–H groups in total. The van der Waals surface area contributed by atoms with Gasteiger partial charge in [-0.25, -0.2) is 9.97 Å². The average Bonchev–Trinajstić information content (AvgIpc) is 3.11. The molecule has 6 heteroatoms. The summed E-state index contributed by atoms with van der Waals surface area (Å²) in [4.78, 5) is 8.09. The van der Waals surface area contributed by atoms with E-state index in [0.29, 0.717) is 28.3 Å². The van der Waals surface area contributed by atoms with Gasteiger partial charge in [-0.1, -0.05) is 11.6 Å². The van der Waals surface area contributed by atoms with Crippen molar-refractivity contribution in [1.82, 2.24) is 15.3 Å². The number of nitrogens with one attached hydrogen (secondary N) is 2. The predicted molar refractivity (Wildman–Crippen MR) is 68.7 cm³/mol. The van der Waals surface area contributed by atoms with Gasteiger partial charge in [-0.3, -0.25) is 0 Å². The summed E-state index contributed by atoms with van der Waals surface area (Å²) in [6, 6.07) is 1.59. The largest absolute Gasteiger partial charge is 0.384 e. The van der Waals surface area contributed by atoms with Gasteiger partial charge in [0.25, 0.3) is 0 Å². The van der Waals surface area contributed by atoms with Crippen LogP contribution in [0.25, 0.3) is 5.57 Å². The standard InChI is InChI=1S/C11H14ClN5/c12-10(16-6-7-1-2-7)8(5-13)11-15-4-3-9(14)17-11/h3-5,7,13,16H,1-2,6H2,(H2,14,15,17)/b10-8+,13-5?. The maximum atomic E-state index is 7.37. The number of rotatable bonds is 5. The number of nitrogens with two attached hydrogens (primary N) is 1. The Morgan fingerprint density at radius 3 is 3.00 bits per heavy atom. The van der Waals surface area contributed by atoms with E-state index in [1.54, 1.807) is 12.3 Å².